The van der Waals surface area contributed by atoms with Crippen molar-refractivity contribution in [1.29, 1.82) is 0 Å². The largest absolute Gasteiger partial charge is 0.338 e. The van der Waals surface area contributed by atoms with Gasteiger partial charge in [0.25, 0.3) is 0 Å². The third-order valence-electron chi connectivity index (χ3n) is 2.66. The summed E-state index contributed by atoms with van der Waals surface area (Å²) in [4.78, 5) is 15.6. The molecule has 4 heteroatoms. The summed E-state index contributed by atoms with van der Waals surface area (Å²) in [6.45, 7) is 2.05. The molecule has 1 aliphatic rings. The second kappa shape index (κ2) is 5.07. The second-order valence-electron chi connectivity index (χ2n) is 3.61. The highest BCUT2D eigenvalue weighted by Crippen LogP contribution is 2.27. The smallest absolute Gasteiger partial charge is 0.334 e. The maximum Gasteiger partial charge on any atom is 0.338 e. The zero-order chi connectivity index (χ0) is 9.68. The van der Waals surface area contributed by atoms with E-state index in [0.717, 1.165) is 0 Å². The Morgan fingerprint density at radius 1 is 1.46 bits per heavy atom. The Balaban J connectivity index is 2.22. The summed E-state index contributed by atoms with van der Waals surface area (Å²) in [7, 11) is 1.43. The van der Waals surface area contributed by atoms with Crippen molar-refractivity contribution in [1.82, 2.24) is 10.8 Å². The maximum absolute atomic E-state index is 11.1. The molecule has 0 aromatic rings. The predicted molar refractivity (Wildman–Crippen MR) is 50.1 cm³/mol. The van der Waals surface area contributed by atoms with E-state index in [9.17, 15) is 4.79 Å². The maximum atomic E-state index is 11.1. The van der Waals surface area contributed by atoms with Gasteiger partial charge in [-0.15, -0.1) is 0 Å². The molecule has 1 fully saturated rings. The number of hydroxylamine groups is 1. The Labute approximate surface area is 79.0 Å². The molecule has 4 nitrogen and oxygen atoms in total. The van der Waals surface area contributed by atoms with Crippen molar-refractivity contribution < 1.29 is 9.63 Å². The van der Waals surface area contributed by atoms with Gasteiger partial charge in [-0.1, -0.05) is 12.8 Å². The monoisotopic (exact) mass is 186 g/mol. The van der Waals surface area contributed by atoms with Crippen molar-refractivity contribution in [2.75, 3.05) is 7.11 Å². The number of rotatable bonds is 3. The number of urea groups is 1. The zero-order valence-electron chi connectivity index (χ0n) is 8.30. The average Bonchev–Trinajstić information content (AvgIpc) is 2.55. The third kappa shape index (κ3) is 3.22. The molecule has 0 heterocycles. The molecule has 1 rings (SSSR count). The molecule has 0 saturated heterocycles. The lowest BCUT2D eigenvalue weighted by molar-refractivity contribution is 0.105. The van der Waals surface area contributed by atoms with Gasteiger partial charge < -0.3 is 5.32 Å². The van der Waals surface area contributed by atoms with Crippen LogP contribution in [0.5, 0.6) is 0 Å². The van der Waals surface area contributed by atoms with Gasteiger partial charge in [-0.25, -0.2) is 10.3 Å². The van der Waals surface area contributed by atoms with Crippen LogP contribution in [0.3, 0.4) is 0 Å². The minimum atomic E-state index is -0.248. The van der Waals surface area contributed by atoms with E-state index < -0.39 is 0 Å². The van der Waals surface area contributed by atoms with Crippen molar-refractivity contribution in [3.05, 3.63) is 0 Å². The Hall–Kier alpha value is -0.770. The number of hydrogen-bond acceptors (Lipinski definition) is 2. The first-order valence-corrected chi connectivity index (χ1v) is 4.83. The third-order valence-corrected chi connectivity index (χ3v) is 2.66. The molecule has 1 aliphatic carbocycles. The van der Waals surface area contributed by atoms with E-state index in [2.05, 4.69) is 15.6 Å². The van der Waals surface area contributed by atoms with Gasteiger partial charge in [0.2, 0.25) is 0 Å². The van der Waals surface area contributed by atoms with Gasteiger partial charge in [0.1, 0.15) is 0 Å². The van der Waals surface area contributed by atoms with E-state index in [1.54, 1.807) is 0 Å². The van der Waals surface area contributed by atoms with E-state index in [1.807, 2.05) is 6.92 Å². The highest BCUT2D eigenvalue weighted by atomic mass is 16.6. The lowest BCUT2D eigenvalue weighted by atomic mass is 10.0. The van der Waals surface area contributed by atoms with E-state index in [4.69, 9.17) is 0 Å². The molecule has 13 heavy (non-hydrogen) atoms. The second-order valence-corrected chi connectivity index (χ2v) is 3.61. The number of carbonyl (C=O) groups is 1. The summed E-state index contributed by atoms with van der Waals surface area (Å²) in [5.41, 5.74) is 2.25. The number of carbonyl (C=O) groups excluding carboxylic acids is 1. The van der Waals surface area contributed by atoms with Crippen LogP contribution in [-0.4, -0.2) is 19.2 Å². The van der Waals surface area contributed by atoms with Gasteiger partial charge in [-0.3, -0.25) is 4.84 Å². The quantitative estimate of drug-likeness (QED) is 0.655. The van der Waals surface area contributed by atoms with Gasteiger partial charge in [0.05, 0.1) is 7.11 Å². The summed E-state index contributed by atoms with van der Waals surface area (Å²) in [6.07, 6.45) is 5.05. The SMILES string of the molecule is CONC(=O)NC(C)C1CCCC1. The first kappa shape index (κ1) is 10.3. The summed E-state index contributed by atoms with van der Waals surface area (Å²) < 4.78 is 0. The van der Waals surface area contributed by atoms with Crippen LogP contribution in [0, 0.1) is 5.92 Å². The summed E-state index contributed by atoms with van der Waals surface area (Å²) in [6, 6.07) is -0.000417. The van der Waals surface area contributed by atoms with Gasteiger partial charge in [0.15, 0.2) is 0 Å². The molecular formula is C9H18N2O2. The standard InChI is InChI=1S/C9H18N2O2/c1-7(8-5-3-4-6-8)10-9(12)11-13-2/h7-8H,3-6H2,1-2H3,(H2,10,11,12). The Morgan fingerprint density at radius 2 is 2.08 bits per heavy atom. The Morgan fingerprint density at radius 3 is 2.62 bits per heavy atom. The topological polar surface area (TPSA) is 50.4 Å². The van der Waals surface area contributed by atoms with Crippen LogP contribution in [0.2, 0.25) is 0 Å². The Bertz CT molecular complexity index is 167. The van der Waals surface area contributed by atoms with E-state index >= 15 is 0 Å². The molecule has 1 atom stereocenters. The first-order chi connectivity index (χ1) is 6.24. The van der Waals surface area contributed by atoms with Crippen LogP contribution in [0.1, 0.15) is 32.6 Å². The van der Waals surface area contributed by atoms with Gasteiger partial charge in [0, 0.05) is 6.04 Å². The van der Waals surface area contributed by atoms with Gasteiger partial charge in [-0.05, 0) is 25.7 Å². The zero-order valence-corrected chi connectivity index (χ0v) is 8.30. The highest BCUT2D eigenvalue weighted by Gasteiger charge is 2.22. The predicted octanol–water partition coefficient (Wildman–Crippen LogP) is 1.43. The lowest BCUT2D eigenvalue weighted by Crippen LogP contribution is -2.43. The molecule has 1 saturated carbocycles. The first-order valence-electron chi connectivity index (χ1n) is 4.83. The van der Waals surface area contributed by atoms with E-state index in [0.29, 0.717) is 5.92 Å². The molecule has 0 aliphatic heterocycles. The van der Waals surface area contributed by atoms with Crippen LogP contribution < -0.4 is 10.8 Å². The van der Waals surface area contributed by atoms with Crippen molar-refractivity contribution in [3.8, 4) is 0 Å². The fourth-order valence-corrected chi connectivity index (χ4v) is 1.90. The van der Waals surface area contributed by atoms with Crippen molar-refractivity contribution in [3.63, 3.8) is 0 Å². The van der Waals surface area contributed by atoms with Gasteiger partial charge >= 0.3 is 6.03 Å². The van der Waals surface area contributed by atoms with E-state index in [-0.39, 0.29) is 12.1 Å². The van der Waals surface area contributed by atoms with Crippen molar-refractivity contribution in [2.24, 2.45) is 5.92 Å². The molecule has 0 aromatic heterocycles. The van der Waals surface area contributed by atoms with Crippen molar-refractivity contribution >= 4 is 6.03 Å². The molecule has 0 spiro atoms. The van der Waals surface area contributed by atoms with Crippen LogP contribution in [0.25, 0.3) is 0 Å². The fourth-order valence-electron chi connectivity index (χ4n) is 1.90. The normalized spacial score (nSPS) is 19.8. The molecule has 2 amide bonds. The molecule has 2 N–H and O–H groups in total. The summed E-state index contributed by atoms with van der Waals surface area (Å²) >= 11 is 0. The number of hydrogen-bond donors (Lipinski definition) is 2. The molecular weight excluding hydrogens is 168 g/mol. The molecule has 0 radical (unpaired) electrons. The molecule has 0 bridgehead atoms. The minimum absolute atomic E-state index is 0.248. The Kier molecular flexibility index (Phi) is 4.02. The van der Waals surface area contributed by atoms with Crippen LogP contribution in [0.4, 0.5) is 4.79 Å². The molecule has 0 aromatic carbocycles. The van der Waals surface area contributed by atoms with Gasteiger partial charge in [-0.2, -0.15) is 0 Å². The minimum Gasteiger partial charge on any atom is -0.334 e. The number of amides is 2. The van der Waals surface area contributed by atoms with Crippen molar-refractivity contribution in [2.45, 2.75) is 38.6 Å². The molecule has 76 valence electrons. The van der Waals surface area contributed by atoms with Crippen LogP contribution in [-0.2, 0) is 4.84 Å². The fraction of sp³-hybridized carbons (Fsp3) is 0.889. The van der Waals surface area contributed by atoms with Crippen LogP contribution in [0.15, 0.2) is 0 Å². The van der Waals surface area contributed by atoms with E-state index in [1.165, 1.54) is 32.8 Å². The number of nitrogens with one attached hydrogen (secondary N) is 2. The molecule has 1 unspecified atom stereocenters. The summed E-state index contributed by atoms with van der Waals surface area (Å²) in [5.74, 6) is 0.641. The van der Waals surface area contributed by atoms with Crippen LogP contribution >= 0.6 is 0 Å². The average molecular weight is 186 g/mol. The highest BCUT2D eigenvalue weighted by molar-refractivity contribution is 5.72. The lowest BCUT2D eigenvalue weighted by Gasteiger charge is -2.19. The summed E-state index contributed by atoms with van der Waals surface area (Å²) in [5, 5.41) is 2.85.